The first kappa shape index (κ1) is 16.7. The van der Waals surface area contributed by atoms with Crippen molar-refractivity contribution in [2.45, 2.75) is 25.7 Å². The van der Waals surface area contributed by atoms with E-state index in [9.17, 15) is 9.59 Å². The van der Waals surface area contributed by atoms with Crippen LogP contribution in [0.15, 0.2) is 48.5 Å². The molecule has 0 amide bonds. The van der Waals surface area contributed by atoms with E-state index >= 15 is 0 Å². The first-order valence-electron chi connectivity index (χ1n) is 7.58. The fourth-order valence-corrected chi connectivity index (χ4v) is 2.55. The zero-order valence-electron chi connectivity index (χ0n) is 13.3. The minimum Gasteiger partial charge on any atom is -0.497 e. The molecule has 2 rings (SSSR count). The predicted octanol–water partition coefficient (Wildman–Crippen LogP) is 4.16. The zero-order valence-corrected chi connectivity index (χ0v) is 13.3. The van der Waals surface area contributed by atoms with E-state index in [1.165, 1.54) is 0 Å². The molecule has 0 saturated heterocycles. The van der Waals surface area contributed by atoms with Crippen LogP contribution in [-0.4, -0.2) is 24.0 Å². The Bertz CT molecular complexity index is 672. The lowest BCUT2D eigenvalue weighted by Crippen LogP contribution is -2.13. The molecule has 120 valence electrons. The van der Waals surface area contributed by atoms with Crippen molar-refractivity contribution < 1.29 is 19.4 Å². The number of methoxy groups -OCH3 is 1. The molecule has 0 aliphatic carbocycles. The number of ketones is 1. The molecule has 4 nitrogen and oxygen atoms in total. The van der Waals surface area contributed by atoms with E-state index < -0.39 is 5.97 Å². The summed E-state index contributed by atoms with van der Waals surface area (Å²) in [6.45, 7) is 2.03. The van der Waals surface area contributed by atoms with Crippen molar-refractivity contribution in [1.29, 1.82) is 0 Å². The van der Waals surface area contributed by atoms with Gasteiger partial charge in [-0.3, -0.25) is 4.79 Å². The molecule has 2 aromatic carbocycles. The van der Waals surface area contributed by atoms with Crippen LogP contribution < -0.4 is 4.74 Å². The molecule has 23 heavy (non-hydrogen) atoms. The van der Waals surface area contributed by atoms with E-state index in [0.29, 0.717) is 11.3 Å². The van der Waals surface area contributed by atoms with Crippen LogP contribution in [0.25, 0.3) is 0 Å². The van der Waals surface area contributed by atoms with Crippen LogP contribution in [0, 0.1) is 0 Å². The van der Waals surface area contributed by atoms with E-state index in [1.54, 1.807) is 55.6 Å². The van der Waals surface area contributed by atoms with Gasteiger partial charge < -0.3 is 9.84 Å². The molecular formula is C19H20O4. The van der Waals surface area contributed by atoms with Crippen LogP contribution in [0.2, 0.25) is 0 Å². The average molecular weight is 312 g/mol. The van der Waals surface area contributed by atoms with E-state index in [4.69, 9.17) is 9.84 Å². The summed E-state index contributed by atoms with van der Waals surface area (Å²) >= 11 is 0. The number of carboxylic acid groups (broad SMARTS) is 1. The number of carboxylic acids is 1. The van der Waals surface area contributed by atoms with E-state index in [2.05, 4.69) is 0 Å². The lowest BCUT2D eigenvalue weighted by molar-refractivity contribution is 0.0696. The summed E-state index contributed by atoms with van der Waals surface area (Å²) in [5, 5.41) is 8.98. The third-order valence-electron chi connectivity index (χ3n) is 3.83. The van der Waals surface area contributed by atoms with Gasteiger partial charge in [-0.2, -0.15) is 0 Å². The lowest BCUT2D eigenvalue weighted by atomic mass is 9.87. The molecule has 1 atom stereocenters. The zero-order chi connectivity index (χ0) is 16.8. The topological polar surface area (TPSA) is 63.6 Å². The molecule has 0 spiro atoms. The van der Waals surface area contributed by atoms with E-state index in [0.717, 1.165) is 18.4 Å². The third kappa shape index (κ3) is 3.97. The van der Waals surface area contributed by atoms with Crippen molar-refractivity contribution in [2.24, 2.45) is 0 Å². The summed E-state index contributed by atoms with van der Waals surface area (Å²) in [4.78, 5) is 23.7. The fraction of sp³-hybridized carbons (Fsp3) is 0.263. The lowest BCUT2D eigenvalue weighted by Gasteiger charge is -2.16. The summed E-state index contributed by atoms with van der Waals surface area (Å²) in [6, 6.07) is 13.6. The molecule has 0 radical (unpaired) electrons. The van der Waals surface area contributed by atoms with Gasteiger partial charge in [-0.25, -0.2) is 4.79 Å². The number of Topliss-reactive ketones (excluding diaryl/α,β-unsaturated/α-hetero) is 1. The van der Waals surface area contributed by atoms with Crippen LogP contribution in [0.3, 0.4) is 0 Å². The highest BCUT2D eigenvalue weighted by molar-refractivity contribution is 6.01. The first-order valence-corrected chi connectivity index (χ1v) is 7.58. The molecular weight excluding hydrogens is 292 g/mol. The molecule has 4 heteroatoms. The number of benzene rings is 2. The summed E-state index contributed by atoms with van der Waals surface area (Å²) in [5.74, 6) is -0.488. The van der Waals surface area contributed by atoms with Crippen molar-refractivity contribution >= 4 is 11.8 Å². The summed E-state index contributed by atoms with van der Waals surface area (Å²) in [6.07, 6.45) is 1.59. The van der Waals surface area contributed by atoms with Gasteiger partial charge in [0.25, 0.3) is 0 Å². The Hall–Kier alpha value is -2.62. The number of ether oxygens (including phenoxy) is 1. The van der Waals surface area contributed by atoms with E-state index in [1.807, 2.05) is 6.92 Å². The maximum Gasteiger partial charge on any atom is 0.335 e. The van der Waals surface area contributed by atoms with Gasteiger partial charge in [0, 0.05) is 11.5 Å². The molecule has 0 fully saturated rings. The van der Waals surface area contributed by atoms with E-state index in [-0.39, 0.29) is 17.3 Å². The minimum absolute atomic E-state index is 0.0394. The second kappa shape index (κ2) is 7.58. The van der Waals surface area contributed by atoms with Crippen molar-refractivity contribution in [2.75, 3.05) is 7.11 Å². The first-order chi connectivity index (χ1) is 11.1. The van der Waals surface area contributed by atoms with Crippen molar-refractivity contribution in [1.82, 2.24) is 0 Å². The smallest absolute Gasteiger partial charge is 0.335 e. The largest absolute Gasteiger partial charge is 0.497 e. The predicted molar refractivity (Wildman–Crippen MR) is 88.4 cm³/mol. The van der Waals surface area contributed by atoms with Gasteiger partial charge in [0.1, 0.15) is 5.75 Å². The van der Waals surface area contributed by atoms with Crippen molar-refractivity contribution in [3.8, 4) is 5.75 Å². The van der Waals surface area contributed by atoms with Gasteiger partial charge in [-0.05, 0) is 48.4 Å². The summed E-state index contributed by atoms with van der Waals surface area (Å²) < 4.78 is 5.11. The highest BCUT2D eigenvalue weighted by atomic mass is 16.5. The molecule has 2 aromatic rings. The maximum atomic E-state index is 12.8. The van der Waals surface area contributed by atoms with Crippen LogP contribution in [0.1, 0.15) is 52.0 Å². The monoisotopic (exact) mass is 312 g/mol. The van der Waals surface area contributed by atoms with Gasteiger partial charge >= 0.3 is 5.97 Å². The highest BCUT2D eigenvalue weighted by Crippen LogP contribution is 2.27. The normalized spacial score (nSPS) is 11.7. The Morgan fingerprint density at radius 1 is 1.00 bits per heavy atom. The third-order valence-corrected chi connectivity index (χ3v) is 3.83. The second-order valence-corrected chi connectivity index (χ2v) is 5.36. The molecule has 1 unspecified atom stereocenters. The second-order valence-electron chi connectivity index (χ2n) is 5.36. The molecule has 1 N–H and O–H groups in total. The number of carbonyl (C=O) groups excluding carboxylic acids is 1. The SMILES string of the molecule is CCCC(C(=O)c1ccc(OC)cc1)c1ccc(C(=O)O)cc1. The summed E-state index contributed by atoms with van der Waals surface area (Å²) in [5.41, 5.74) is 1.70. The Balaban J connectivity index is 2.28. The molecule has 0 aliphatic heterocycles. The fourth-order valence-electron chi connectivity index (χ4n) is 2.55. The molecule has 0 saturated carbocycles. The van der Waals surface area contributed by atoms with Crippen molar-refractivity contribution in [3.63, 3.8) is 0 Å². The van der Waals surface area contributed by atoms with Crippen LogP contribution in [0.4, 0.5) is 0 Å². The summed E-state index contributed by atoms with van der Waals surface area (Å²) in [7, 11) is 1.58. The van der Waals surface area contributed by atoms with Crippen LogP contribution in [0.5, 0.6) is 5.75 Å². The van der Waals surface area contributed by atoms with Gasteiger partial charge in [-0.1, -0.05) is 25.5 Å². The Morgan fingerprint density at radius 3 is 2.04 bits per heavy atom. The molecule has 0 aromatic heterocycles. The molecule has 0 heterocycles. The van der Waals surface area contributed by atoms with Crippen molar-refractivity contribution in [3.05, 3.63) is 65.2 Å². The quantitative estimate of drug-likeness (QED) is 0.780. The molecule has 0 aliphatic rings. The molecule has 0 bridgehead atoms. The Labute approximate surface area is 135 Å². The number of hydrogen-bond donors (Lipinski definition) is 1. The van der Waals surface area contributed by atoms with Gasteiger partial charge in [0.05, 0.1) is 12.7 Å². The highest BCUT2D eigenvalue weighted by Gasteiger charge is 2.21. The standard InChI is InChI=1S/C19H20O4/c1-3-4-17(13-5-7-15(8-6-13)19(21)22)18(20)14-9-11-16(23-2)12-10-14/h5-12,17H,3-4H2,1-2H3,(H,21,22). The average Bonchev–Trinajstić information content (AvgIpc) is 2.59. The Kier molecular flexibility index (Phi) is 5.52. The van der Waals surface area contributed by atoms with Gasteiger partial charge in [0.15, 0.2) is 5.78 Å². The van der Waals surface area contributed by atoms with Gasteiger partial charge in [0.2, 0.25) is 0 Å². The maximum absolute atomic E-state index is 12.8. The minimum atomic E-state index is -0.968. The number of carbonyl (C=O) groups is 2. The number of aromatic carboxylic acids is 1. The number of hydrogen-bond acceptors (Lipinski definition) is 3. The number of rotatable bonds is 7. The van der Waals surface area contributed by atoms with Crippen LogP contribution in [-0.2, 0) is 0 Å². The Morgan fingerprint density at radius 2 is 1.57 bits per heavy atom. The van der Waals surface area contributed by atoms with Crippen LogP contribution >= 0.6 is 0 Å². The van der Waals surface area contributed by atoms with Gasteiger partial charge in [-0.15, -0.1) is 0 Å².